The quantitative estimate of drug-likeness (QED) is 0.581. The van der Waals surface area contributed by atoms with E-state index in [-0.39, 0.29) is 24.7 Å². The second-order valence-electron chi connectivity index (χ2n) is 4.62. The highest BCUT2D eigenvalue weighted by atomic mass is 16.4. The summed E-state index contributed by atoms with van der Waals surface area (Å²) in [6, 6.07) is -0.892. The van der Waals surface area contributed by atoms with Gasteiger partial charge in [0.25, 0.3) is 0 Å². The Morgan fingerprint density at radius 3 is 2.16 bits per heavy atom. The molecule has 0 aromatic rings. The summed E-state index contributed by atoms with van der Waals surface area (Å²) in [6.07, 6.45) is 1.59. The van der Waals surface area contributed by atoms with Gasteiger partial charge in [-0.2, -0.15) is 0 Å². The lowest BCUT2D eigenvalue weighted by Gasteiger charge is -2.20. The molecule has 0 fully saturated rings. The van der Waals surface area contributed by atoms with Gasteiger partial charge < -0.3 is 15.7 Å². The van der Waals surface area contributed by atoms with Crippen LogP contribution >= 0.6 is 0 Å². The average Bonchev–Trinajstić information content (AvgIpc) is 2.38. The van der Waals surface area contributed by atoms with Crippen molar-refractivity contribution < 1.29 is 19.5 Å². The number of hydrogen-bond acceptors (Lipinski definition) is 3. The van der Waals surface area contributed by atoms with Gasteiger partial charge in [-0.1, -0.05) is 27.2 Å². The molecule has 2 unspecified atom stereocenters. The number of carbonyl (C=O) groups excluding carboxylic acids is 2. The highest BCUT2D eigenvalue weighted by Gasteiger charge is 2.25. The van der Waals surface area contributed by atoms with Crippen LogP contribution in [0.1, 0.15) is 46.5 Å². The molecule has 2 amide bonds. The third kappa shape index (κ3) is 7.43. The highest BCUT2D eigenvalue weighted by Crippen LogP contribution is 2.08. The fourth-order valence-electron chi connectivity index (χ4n) is 1.51. The van der Waals surface area contributed by atoms with Crippen LogP contribution in [0.15, 0.2) is 0 Å². The zero-order valence-corrected chi connectivity index (χ0v) is 11.9. The Bertz CT molecular complexity index is 318. The molecule has 19 heavy (non-hydrogen) atoms. The van der Waals surface area contributed by atoms with Gasteiger partial charge >= 0.3 is 5.97 Å². The van der Waals surface area contributed by atoms with Crippen LogP contribution in [0.25, 0.3) is 0 Å². The molecule has 0 radical (unpaired) electrons. The SMILES string of the molecule is CCCNC(=O)CCC(=O)NC(C(=O)O)C(C)CC. The molecule has 0 saturated heterocycles. The lowest BCUT2D eigenvalue weighted by atomic mass is 9.99. The molecule has 2 atom stereocenters. The molecule has 0 aliphatic carbocycles. The van der Waals surface area contributed by atoms with Crippen LogP contribution in [-0.4, -0.2) is 35.5 Å². The number of hydrogen-bond donors (Lipinski definition) is 3. The Morgan fingerprint density at radius 2 is 1.68 bits per heavy atom. The molecule has 0 bridgehead atoms. The van der Waals surface area contributed by atoms with Crippen LogP contribution in [0.4, 0.5) is 0 Å². The van der Waals surface area contributed by atoms with Crippen LogP contribution in [0.5, 0.6) is 0 Å². The maximum Gasteiger partial charge on any atom is 0.326 e. The van der Waals surface area contributed by atoms with E-state index in [1.165, 1.54) is 0 Å². The minimum atomic E-state index is -1.04. The lowest BCUT2D eigenvalue weighted by Crippen LogP contribution is -2.45. The maximum atomic E-state index is 11.6. The van der Waals surface area contributed by atoms with Gasteiger partial charge in [-0.05, 0) is 12.3 Å². The van der Waals surface area contributed by atoms with Crippen molar-refractivity contribution in [1.82, 2.24) is 10.6 Å². The summed E-state index contributed by atoms with van der Waals surface area (Å²) in [4.78, 5) is 33.9. The zero-order chi connectivity index (χ0) is 14.8. The summed E-state index contributed by atoms with van der Waals surface area (Å²) in [5, 5.41) is 14.1. The van der Waals surface area contributed by atoms with E-state index in [1.807, 2.05) is 13.8 Å². The van der Waals surface area contributed by atoms with Gasteiger partial charge in [0.05, 0.1) is 0 Å². The van der Waals surface area contributed by atoms with Gasteiger partial charge in [-0.25, -0.2) is 4.79 Å². The average molecular weight is 272 g/mol. The minimum Gasteiger partial charge on any atom is -0.480 e. The molecular formula is C13H24N2O4. The number of rotatable bonds is 9. The first kappa shape index (κ1) is 17.4. The zero-order valence-electron chi connectivity index (χ0n) is 11.9. The highest BCUT2D eigenvalue weighted by molar-refractivity contribution is 5.87. The number of nitrogens with one attached hydrogen (secondary N) is 2. The largest absolute Gasteiger partial charge is 0.480 e. The van der Waals surface area contributed by atoms with Crippen LogP contribution in [0.3, 0.4) is 0 Å². The van der Waals surface area contributed by atoms with E-state index >= 15 is 0 Å². The Hall–Kier alpha value is -1.59. The molecule has 6 nitrogen and oxygen atoms in total. The van der Waals surface area contributed by atoms with E-state index in [0.717, 1.165) is 6.42 Å². The van der Waals surface area contributed by atoms with Crippen LogP contribution in [-0.2, 0) is 14.4 Å². The molecule has 0 saturated carbocycles. The van der Waals surface area contributed by atoms with Crippen molar-refractivity contribution >= 4 is 17.8 Å². The Morgan fingerprint density at radius 1 is 1.11 bits per heavy atom. The van der Waals surface area contributed by atoms with E-state index in [9.17, 15) is 14.4 Å². The summed E-state index contributed by atoms with van der Waals surface area (Å²) >= 11 is 0. The molecule has 0 spiro atoms. The molecule has 0 aromatic carbocycles. The number of carbonyl (C=O) groups is 3. The number of carboxylic acid groups (broad SMARTS) is 1. The van der Waals surface area contributed by atoms with Gasteiger partial charge in [-0.15, -0.1) is 0 Å². The first-order chi connectivity index (χ1) is 8.92. The summed E-state index contributed by atoms with van der Waals surface area (Å²) in [7, 11) is 0. The molecular weight excluding hydrogens is 248 g/mol. The third-order valence-corrected chi connectivity index (χ3v) is 2.95. The first-order valence-corrected chi connectivity index (χ1v) is 6.71. The molecule has 0 aliphatic heterocycles. The smallest absolute Gasteiger partial charge is 0.326 e. The minimum absolute atomic E-state index is 0.00968. The van der Waals surface area contributed by atoms with Gasteiger partial charge in [0.2, 0.25) is 11.8 Å². The predicted octanol–water partition coefficient (Wildman–Crippen LogP) is 0.908. The van der Waals surface area contributed by atoms with Crippen LogP contribution in [0, 0.1) is 5.92 Å². The van der Waals surface area contributed by atoms with Gasteiger partial charge in [-0.3, -0.25) is 9.59 Å². The van der Waals surface area contributed by atoms with Crippen molar-refractivity contribution in [3.8, 4) is 0 Å². The van der Waals surface area contributed by atoms with Crippen molar-refractivity contribution in [1.29, 1.82) is 0 Å². The van der Waals surface area contributed by atoms with Crippen LogP contribution < -0.4 is 10.6 Å². The van der Waals surface area contributed by atoms with E-state index in [4.69, 9.17) is 5.11 Å². The first-order valence-electron chi connectivity index (χ1n) is 6.71. The fraction of sp³-hybridized carbons (Fsp3) is 0.769. The molecule has 6 heteroatoms. The van der Waals surface area contributed by atoms with E-state index < -0.39 is 17.9 Å². The van der Waals surface area contributed by atoms with E-state index in [1.54, 1.807) is 6.92 Å². The molecule has 0 rings (SSSR count). The van der Waals surface area contributed by atoms with E-state index in [2.05, 4.69) is 10.6 Å². The monoisotopic (exact) mass is 272 g/mol. The third-order valence-electron chi connectivity index (χ3n) is 2.95. The molecule has 0 aromatic heterocycles. The summed E-state index contributed by atoms with van der Waals surface area (Å²) in [5.74, 6) is -1.78. The number of aliphatic carboxylic acids is 1. The van der Waals surface area contributed by atoms with Crippen molar-refractivity contribution in [2.24, 2.45) is 5.92 Å². The van der Waals surface area contributed by atoms with Crippen molar-refractivity contribution in [3.63, 3.8) is 0 Å². The second kappa shape index (κ2) is 9.35. The number of amides is 2. The predicted molar refractivity (Wildman–Crippen MR) is 71.6 cm³/mol. The van der Waals surface area contributed by atoms with E-state index in [0.29, 0.717) is 13.0 Å². The standard InChI is InChI=1S/C13H24N2O4/c1-4-8-14-10(16)6-7-11(17)15-12(13(18)19)9(3)5-2/h9,12H,4-8H2,1-3H3,(H,14,16)(H,15,17)(H,18,19). The lowest BCUT2D eigenvalue weighted by molar-refractivity contribution is -0.143. The topological polar surface area (TPSA) is 95.5 Å². The van der Waals surface area contributed by atoms with Crippen molar-refractivity contribution in [3.05, 3.63) is 0 Å². The van der Waals surface area contributed by atoms with Crippen molar-refractivity contribution in [2.75, 3.05) is 6.54 Å². The molecule has 3 N–H and O–H groups in total. The molecule has 110 valence electrons. The number of carboxylic acids is 1. The normalized spacial score (nSPS) is 13.4. The van der Waals surface area contributed by atoms with Crippen LogP contribution in [0.2, 0.25) is 0 Å². The Balaban J connectivity index is 4.13. The Kier molecular flexibility index (Phi) is 8.57. The van der Waals surface area contributed by atoms with Gasteiger partial charge in [0, 0.05) is 19.4 Å². The molecule has 0 heterocycles. The van der Waals surface area contributed by atoms with Gasteiger partial charge in [0.1, 0.15) is 6.04 Å². The second-order valence-corrected chi connectivity index (χ2v) is 4.62. The fourth-order valence-corrected chi connectivity index (χ4v) is 1.51. The summed E-state index contributed by atoms with van der Waals surface area (Å²) < 4.78 is 0. The van der Waals surface area contributed by atoms with Crippen molar-refractivity contribution in [2.45, 2.75) is 52.5 Å². The molecule has 0 aliphatic rings. The summed E-state index contributed by atoms with van der Waals surface area (Å²) in [5.41, 5.74) is 0. The maximum absolute atomic E-state index is 11.6. The van der Waals surface area contributed by atoms with Gasteiger partial charge in [0.15, 0.2) is 0 Å². The summed E-state index contributed by atoms with van der Waals surface area (Å²) in [6.45, 7) is 6.17. The Labute approximate surface area is 113 Å².